The summed E-state index contributed by atoms with van der Waals surface area (Å²) in [7, 11) is 1.46. The first kappa shape index (κ1) is 20.8. The highest BCUT2D eigenvalue weighted by molar-refractivity contribution is 7.21. The molecule has 2 aromatic heterocycles. The molecule has 6 nitrogen and oxygen atoms in total. The molecule has 2 heterocycles. The van der Waals surface area contributed by atoms with Crippen LogP contribution in [0.3, 0.4) is 0 Å². The van der Waals surface area contributed by atoms with Gasteiger partial charge in [-0.3, -0.25) is 14.6 Å². The minimum Gasteiger partial charge on any atom is -0.494 e. The van der Waals surface area contributed by atoms with E-state index in [4.69, 9.17) is 16.3 Å². The number of hydrogen-bond acceptors (Lipinski definition) is 5. The summed E-state index contributed by atoms with van der Waals surface area (Å²) in [5, 5.41) is 6.39. The van der Waals surface area contributed by atoms with Gasteiger partial charge in [0.25, 0.3) is 11.8 Å². The van der Waals surface area contributed by atoms with Crippen molar-refractivity contribution < 1.29 is 18.7 Å². The maximum Gasteiger partial charge on any atom is 0.267 e. The van der Waals surface area contributed by atoms with Crippen LogP contribution in [0.15, 0.2) is 60.9 Å². The SMILES string of the molecule is COc1cc(NC(=O)c2sc3cc(F)ccc3c2Cl)ccc1NC(=O)c1cccnc1. The maximum atomic E-state index is 13.5. The highest BCUT2D eigenvalue weighted by Crippen LogP contribution is 2.36. The van der Waals surface area contributed by atoms with Crippen molar-refractivity contribution in [3.05, 3.63) is 82.2 Å². The zero-order valence-electron chi connectivity index (χ0n) is 16.1. The van der Waals surface area contributed by atoms with Gasteiger partial charge in [-0.25, -0.2) is 4.39 Å². The van der Waals surface area contributed by atoms with Crippen LogP contribution in [0, 0.1) is 5.82 Å². The Labute approximate surface area is 185 Å². The number of rotatable bonds is 5. The lowest BCUT2D eigenvalue weighted by atomic mass is 10.2. The lowest BCUT2D eigenvalue weighted by Gasteiger charge is -2.12. The molecule has 0 atom stereocenters. The van der Waals surface area contributed by atoms with Gasteiger partial charge in [0, 0.05) is 34.2 Å². The van der Waals surface area contributed by atoms with Crippen molar-refractivity contribution >= 4 is 56.2 Å². The first-order valence-electron chi connectivity index (χ1n) is 9.04. The lowest BCUT2D eigenvalue weighted by Crippen LogP contribution is -2.14. The van der Waals surface area contributed by atoms with Crippen molar-refractivity contribution in [1.82, 2.24) is 4.98 Å². The summed E-state index contributed by atoms with van der Waals surface area (Å²) in [5.41, 5.74) is 1.28. The third-order valence-corrected chi connectivity index (χ3v) is 6.09. The van der Waals surface area contributed by atoms with Crippen LogP contribution in [0.2, 0.25) is 5.02 Å². The fraction of sp³-hybridized carbons (Fsp3) is 0.0455. The van der Waals surface area contributed by atoms with Crippen LogP contribution in [0.25, 0.3) is 10.1 Å². The van der Waals surface area contributed by atoms with Gasteiger partial charge in [-0.2, -0.15) is 0 Å². The number of benzene rings is 2. The molecule has 31 heavy (non-hydrogen) atoms. The Morgan fingerprint density at radius 2 is 1.94 bits per heavy atom. The summed E-state index contributed by atoms with van der Waals surface area (Å²) in [5.74, 6) is -0.807. The van der Waals surface area contributed by atoms with Crippen LogP contribution in [-0.4, -0.2) is 23.9 Å². The molecule has 0 aliphatic heterocycles. The number of nitrogens with zero attached hydrogens (tertiary/aromatic N) is 1. The fourth-order valence-corrected chi connectivity index (χ4v) is 4.37. The Balaban J connectivity index is 1.55. The molecule has 0 saturated carbocycles. The van der Waals surface area contributed by atoms with E-state index in [1.807, 2.05) is 0 Å². The van der Waals surface area contributed by atoms with Crippen LogP contribution in [-0.2, 0) is 0 Å². The highest BCUT2D eigenvalue weighted by atomic mass is 35.5. The third kappa shape index (κ3) is 4.35. The van der Waals surface area contributed by atoms with Crippen molar-refractivity contribution in [2.24, 2.45) is 0 Å². The van der Waals surface area contributed by atoms with E-state index < -0.39 is 11.7 Å². The first-order valence-corrected chi connectivity index (χ1v) is 10.2. The Hall–Kier alpha value is -3.49. The molecule has 2 amide bonds. The monoisotopic (exact) mass is 455 g/mol. The predicted molar refractivity (Wildman–Crippen MR) is 120 cm³/mol. The van der Waals surface area contributed by atoms with Gasteiger partial charge in [-0.1, -0.05) is 11.6 Å². The second-order valence-electron chi connectivity index (χ2n) is 6.45. The van der Waals surface area contributed by atoms with E-state index in [-0.39, 0.29) is 15.8 Å². The molecule has 0 fully saturated rings. The number of amides is 2. The molecule has 0 aliphatic rings. The quantitative estimate of drug-likeness (QED) is 0.410. The van der Waals surface area contributed by atoms with Crippen molar-refractivity contribution in [3.63, 3.8) is 0 Å². The van der Waals surface area contributed by atoms with E-state index in [0.717, 1.165) is 11.3 Å². The molecule has 4 rings (SSSR count). The van der Waals surface area contributed by atoms with Crippen LogP contribution < -0.4 is 15.4 Å². The summed E-state index contributed by atoms with van der Waals surface area (Å²) in [6, 6.07) is 12.3. The molecule has 4 aromatic rings. The number of anilines is 2. The number of nitrogens with one attached hydrogen (secondary N) is 2. The first-order chi connectivity index (χ1) is 15.0. The van der Waals surface area contributed by atoms with Gasteiger partial charge in [0.2, 0.25) is 0 Å². The Morgan fingerprint density at radius 1 is 1.10 bits per heavy atom. The topological polar surface area (TPSA) is 80.3 Å². The second-order valence-corrected chi connectivity index (χ2v) is 7.88. The molecule has 2 aromatic carbocycles. The van der Waals surface area contributed by atoms with Crippen LogP contribution in [0.5, 0.6) is 5.75 Å². The fourth-order valence-electron chi connectivity index (χ4n) is 2.94. The van der Waals surface area contributed by atoms with Crippen molar-refractivity contribution in [2.45, 2.75) is 0 Å². The molecule has 0 saturated heterocycles. The van der Waals surface area contributed by atoms with E-state index in [1.54, 1.807) is 42.6 Å². The molecular formula is C22H15ClFN3O3S. The number of carbonyl (C=O) groups excluding carboxylic acids is 2. The summed E-state index contributed by atoms with van der Waals surface area (Å²) in [6.07, 6.45) is 3.03. The average Bonchev–Trinajstić information content (AvgIpc) is 3.11. The van der Waals surface area contributed by atoms with Gasteiger partial charge in [-0.05, 0) is 42.5 Å². The Morgan fingerprint density at radius 3 is 2.68 bits per heavy atom. The highest BCUT2D eigenvalue weighted by Gasteiger charge is 2.18. The van der Waals surface area contributed by atoms with Gasteiger partial charge >= 0.3 is 0 Å². The molecule has 0 unspecified atom stereocenters. The summed E-state index contributed by atoms with van der Waals surface area (Å²) in [6.45, 7) is 0. The number of aromatic nitrogens is 1. The van der Waals surface area contributed by atoms with E-state index in [0.29, 0.717) is 32.8 Å². The molecule has 156 valence electrons. The molecule has 0 radical (unpaired) electrons. The number of thiophene rings is 1. The largest absolute Gasteiger partial charge is 0.494 e. The summed E-state index contributed by atoms with van der Waals surface area (Å²) >= 11 is 7.43. The number of methoxy groups -OCH3 is 1. The predicted octanol–water partition coefficient (Wildman–Crippen LogP) is 5.60. The van der Waals surface area contributed by atoms with E-state index in [9.17, 15) is 14.0 Å². The van der Waals surface area contributed by atoms with Gasteiger partial charge in [0.1, 0.15) is 16.4 Å². The number of carbonyl (C=O) groups is 2. The van der Waals surface area contributed by atoms with Crippen LogP contribution in [0.1, 0.15) is 20.0 Å². The zero-order valence-corrected chi connectivity index (χ0v) is 17.7. The average molecular weight is 456 g/mol. The number of halogens is 2. The second kappa shape index (κ2) is 8.71. The van der Waals surface area contributed by atoms with E-state index in [1.165, 1.54) is 25.4 Å². The maximum absolute atomic E-state index is 13.5. The zero-order chi connectivity index (χ0) is 22.0. The molecule has 0 spiro atoms. The van der Waals surface area contributed by atoms with Crippen molar-refractivity contribution in [3.8, 4) is 5.75 Å². The van der Waals surface area contributed by atoms with E-state index in [2.05, 4.69) is 15.6 Å². The van der Waals surface area contributed by atoms with Gasteiger partial charge in [0.05, 0.1) is 23.4 Å². The molecular weight excluding hydrogens is 441 g/mol. The van der Waals surface area contributed by atoms with E-state index >= 15 is 0 Å². The van der Waals surface area contributed by atoms with Gasteiger partial charge < -0.3 is 15.4 Å². The Bertz CT molecular complexity index is 1290. The van der Waals surface area contributed by atoms with Crippen molar-refractivity contribution in [1.29, 1.82) is 0 Å². The molecule has 9 heteroatoms. The lowest BCUT2D eigenvalue weighted by molar-refractivity contribution is 0.101. The smallest absolute Gasteiger partial charge is 0.267 e. The minimum atomic E-state index is -0.430. The number of fused-ring (bicyclic) bond motifs is 1. The number of hydrogen-bond donors (Lipinski definition) is 2. The standard InChI is InChI=1S/C22H15ClFN3O3S/c1-30-17-10-14(5-7-16(17)27-21(28)12-3-2-8-25-11-12)26-22(29)20-19(23)15-6-4-13(24)9-18(15)31-20/h2-11H,1H3,(H,26,29)(H,27,28). The summed E-state index contributed by atoms with van der Waals surface area (Å²) in [4.78, 5) is 29.3. The third-order valence-electron chi connectivity index (χ3n) is 4.43. The molecule has 2 N–H and O–H groups in total. The number of ether oxygens (including phenoxy) is 1. The van der Waals surface area contributed by atoms with Gasteiger partial charge in [-0.15, -0.1) is 11.3 Å². The van der Waals surface area contributed by atoms with Crippen LogP contribution >= 0.6 is 22.9 Å². The van der Waals surface area contributed by atoms with Crippen molar-refractivity contribution in [2.75, 3.05) is 17.7 Å². The molecule has 0 bridgehead atoms. The molecule has 0 aliphatic carbocycles. The summed E-state index contributed by atoms with van der Waals surface area (Å²) < 4.78 is 19.4. The minimum absolute atomic E-state index is 0.268. The number of pyridine rings is 1. The normalized spacial score (nSPS) is 10.7. The van der Waals surface area contributed by atoms with Crippen LogP contribution in [0.4, 0.5) is 15.8 Å². The Kier molecular flexibility index (Phi) is 5.83. The van der Waals surface area contributed by atoms with Gasteiger partial charge in [0.15, 0.2) is 0 Å².